The van der Waals surface area contributed by atoms with E-state index in [-0.39, 0.29) is 69.2 Å². The minimum atomic E-state index is -1.34. The third-order valence-electron chi connectivity index (χ3n) is 11.9. The molecule has 22 nitrogen and oxygen atoms in total. The summed E-state index contributed by atoms with van der Waals surface area (Å²) in [6.45, 7) is 11.2. The molecule has 1 saturated carbocycles. The Bertz CT molecular complexity index is 1790. The van der Waals surface area contributed by atoms with Gasteiger partial charge < -0.3 is 57.3 Å². The molecule has 6 amide bonds. The number of carboxylic acid groups (broad SMARTS) is 2. The summed E-state index contributed by atoms with van der Waals surface area (Å²) in [5, 5.41) is 35.5. The third-order valence-corrected chi connectivity index (χ3v) is 11.9. The molecule has 1 fully saturated rings. The Morgan fingerprint density at radius 3 is 1.94 bits per heavy atom. The molecule has 3 atom stereocenters. The normalized spacial score (nSPS) is 16.3. The van der Waals surface area contributed by atoms with Crippen LogP contribution in [-0.2, 0) is 43.0 Å². The minimum absolute atomic E-state index is 0.0341. The molecule has 0 saturated heterocycles. The van der Waals surface area contributed by atoms with E-state index in [0.717, 1.165) is 25.1 Å². The lowest BCUT2D eigenvalue weighted by Gasteiger charge is -2.30. The summed E-state index contributed by atoms with van der Waals surface area (Å²) >= 11 is 0. The van der Waals surface area contributed by atoms with E-state index in [1.165, 1.54) is 0 Å². The first kappa shape index (κ1) is 59.7. The predicted octanol–water partition coefficient (Wildman–Crippen LogP) is 1.87. The number of aliphatic carboxylic acids is 2. The van der Waals surface area contributed by atoms with Gasteiger partial charge in [-0.05, 0) is 129 Å². The summed E-state index contributed by atoms with van der Waals surface area (Å²) in [5.41, 5.74) is 11.0. The number of hydrazine groups is 2. The summed E-state index contributed by atoms with van der Waals surface area (Å²) in [4.78, 5) is 99.5. The molecule has 22 heteroatoms. The van der Waals surface area contributed by atoms with Crippen LogP contribution in [0, 0.1) is 5.92 Å². The summed E-state index contributed by atoms with van der Waals surface area (Å²) in [7, 11) is 0. The Morgan fingerprint density at radius 2 is 1.32 bits per heavy atom. The molecule has 1 aliphatic rings. The van der Waals surface area contributed by atoms with Crippen LogP contribution in [-0.4, -0.2) is 126 Å². The van der Waals surface area contributed by atoms with Crippen LogP contribution in [0.3, 0.4) is 0 Å². The number of carbonyl (C=O) groups excluding carboxylic acids is 6. The van der Waals surface area contributed by atoms with Crippen molar-refractivity contribution in [1.29, 1.82) is 0 Å². The monoisotopic (exact) mass is 977 g/mol. The van der Waals surface area contributed by atoms with Gasteiger partial charge in [0, 0.05) is 62.1 Å². The van der Waals surface area contributed by atoms with E-state index >= 15 is 0 Å². The second kappa shape index (κ2) is 31.7. The lowest BCUT2D eigenvalue weighted by Crippen LogP contribution is -2.49. The van der Waals surface area contributed by atoms with Crippen molar-refractivity contribution in [3.05, 3.63) is 29.8 Å². The Labute approximate surface area is 406 Å². The van der Waals surface area contributed by atoms with Crippen LogP contribution in [0.2, 0.25) is 0 Å². The molecule has 2 rings (SSSR count). The Balaban J connectivity index is 1.71. The highest BCUT2D eigenvalue weighted by molar-refractivity contribution is 5.94. The van der Waals surface area contributed by atoms with Gasteiger partial charge in [0.15, 0.2) is 0 Å². The molecule has 390 valence electrons. The zero-order valence-electron chi connectivity index (χ0n) is 41.2. The van der Waals surface area contributed by atoms with Crippen molar-refractivity contribution in [2.24, 2.45) is 17.5 Å². The van der Waals surface area contributed by atoms with Gasteiger partial charge in [0.2, 0.25) is 29.5 Å². The molecule has 0 spiro atoms. The molecule has 0 aromatic heterocycles. The van der Waals surface area contributed by atoms with Crippen molar-refractivity contribution in [3.8, 4) is 0 Å². The molecule has 3 unspecified atom stereocenters. The van der Waals surface area contributed by atoms with Crippen molar-refractivity contribution in [2.75, 3.05) is 38.2 Å². The summed E-state index contributed by atoms with van der Waals surface area (Å²) in [6.07, 6.45) is 5.68. The van der Waals surface area contributed by atoms with Crippen LogP contribution >= 0.6 is 0 Å². The average Bonchev–Trinajstić information content (AvgIpc) is 3.29. The molecule has 0 aliphatic heterocycles. The highest BCUT2D eigenvalue weighted by Gasteiger charge is 2.31. The number of amides is 6. The minimum Gasteiger partial charge on any atom is -0.481 e. The van der Waals surface area contributed by atoms with E-state index in [1.807, 2.05) is 39.8 Å². The fourth-order valence-electron chi connectivity index (χ4n) is 7.48. The number of ether oxygens (including phenoxy) is 2. The first-order valence-electron chi connectivity index (χ1n) is 24.2. The number of rotatable bonds is 36. The van der Waals surface area contributed by atoms with Crippen LogP contribution in [0.25, 0.3) is 0 Å². The van der Waals surface area contributed by atoms with Crippen molar-refractivity contribution in [3.63, 3.8) is 0 Å². The van der Waals surface area contributed by atoms with E-state index in [2.05, 4.69) is 49.8 Å². The fraction of sp³-hybridized carbons (Fsp3) is 0.702. The number of hydrogen-bond donors (Lipinski definition) is 12. The smallest absolute Gasteiger partial charge is 0.326 e. The van der Waals surface area contributed by atoms with Crippen LogP contribution in [0.1, 0.15) is 148 Å². The zero-order chi connectivity index (χ0) is 51.4. The van der Waals surface area contributed by atoms with Gasteiger partial charge in [0.05, 0.1) is 24.4 Å². The molecule has 0 bridgehead atoms. The molecule has 69 heavy (non-hydrogen) atoms. The number of carbonyl (C=O) groups is 8. The molecular formula is C47H80N10O12. The van der Waals surface area contributed by atoms with E-state index in [4.69, 9.17) is 21.1 Å². The van der Waals surface area contributed by atoms with E-state index in [0.29, 0.717) is 69.9 Å². The number of hydrogen-bond acceptors (Lipinski definition) is 14. The number of primary amides is 1. The van der Waals surface area contributed by atoms with Gasteiger partial charge >= 0.3 is 11.9 Å². The van der Waals surface area contributed by atoms with Gasteiger partial charge in [0.1, 0.15) is 18.1 Å². The molecule has 14 N–H and O–H groups in total. The average molecular weight is 977 g/mol. The summed E-state index contributed by atoms with van der Waals surface area (Å²) in [5.74, 6) is -0.513. The zero-order valence-corrected chi connectivity index (χ0v) is 41.2. The Kier molecular flexibility index (Phi) is 27.4. The molecule has 1 aromatic carbocycles. The van der Waals surface area contributed by atoms with Crippen molar-refractivity contribution < 1.29 is 58.0 Å². The Morgan fingerprint density at radius 1 is 0.696 bits per heavy atom. The SMILES string of the molecule is CCCCNc1ccc(C(=O)NCCCCC(NC(=O)CCC(C)(C)OCCC(C)(C)OCCNC(=O)C(CCC(=O)O)NC(=O)CCC(NC(=O)C2CCC(NNN)CC2)C(=O)O)C(N)=O)cc1. The lowest BCUT2D eigenvalue weighted by atomic mass is 9.85. The number of nitrogens with two attached hydrogens (primary N) is 2. The maximum atomic E-state index is 13.1. The number of anilines is 1. The van der Waals surface area contributed by atoms with Crippen LogP contribution in [0.15, 0.2) is 24.3 Å². The Hall–Kier alpha value is -5.42. The molecule has 0 radical (unpaired) electrons. The van der Waals surface area contributed by atoms with Crippen LogP contribution in [0.4, 0.5) is 5.69 Å². The second-order valence-electron chi connectivity index (χ2n) is 18.7. The summed E-state index contributed by atoms with van der Waals surface area (Å²) < 4.78 is 12.1. The topological polar surface area (TPSA) is 344 Å². The maximum Gasteiger partial charge on any atom is 0.326 e. The molecule has 1 aromatic rings. The van der Waals surface area contributed by atoms with Gasteiger partial charge in [-0.2, -0.15) is 5.53 Å². The maximum absolute atomic E-state index is 13.1. The molecule has 0 heterocycles. The fourth-order valence-corrected chi connectivity index (χ4v) is 7.48. The number of benzene rings is 1. The molecule has 1 aliphatic carbocycles. The number of nitrogens with one attached hydrogen (secondary N) is 8. The quantitative estimate of drug-likeness (QED) is 0.0259. The van der Waals surface area contributed by atoms with Crippen molar-refractivity contribution >= 4 is 53.1 Å². The predicted molar refractivity (Wildman–Crippen MR) is 258 cm³/mol. The second-order valence-corrected chi connectivity index (χ2v) is 18.7. The molecular weight excluding hydrogens is 897 g/mol. The third kappa shape index (κ3) is 25.7. The first-order chi connectivity index (χ1) is 32.6. The van der Waals surface area contributed by atoms with Crippen LogP contribution in [0.5, 0.6) is 0 Å². The largest absolute Gasteiger partial charge is 0.481 e. The highest BCUT2D eigenvalue weighted by atomic mass is 16.5. The van der Waals surface area contributed by atoms with Gasteiger partial charge in [0.25, 0.3) is 5.91 Å². The van der Waals surface area contributed by atoms with E-state index in [1.54, 1.807) is 12.1 Å². The van der Waals surface area contributed by atoms with Crippen molar-refractivity contribution in [2.45, 2.75) is 173 Å². The summed E-state index contributed by atoms with van der Waals surface area (Å²) in [6, 6.07) is 3.95. The van der Waals surface area contributed by atoms with Gasteiger partial charge in [-0.1, -0.05) is 13.3 Å². The van der Waals surface area contributed by atoms with Gasteiger partial charge in [-0.3, -0.25) is 39.4 Å². The van der Waals surface area contributed by atoms with Crippen molar-refractivity contribution in [1.82, 2.24) is 37.5 Å². The lowest BCUT2D eigenvalue weighted by molar-refractivity contribution is -0.143. The first-order valence-corrected chi connectivity index (χ1v) is 24.2. The number of unbranched alkanes of at least 4 members (excludes halogenated alkanes) is 2. The highest BCUT2D eigenvalue weighted by Crippen LogP contribution is 2.25. The van der Waals surface area contributed by atoms with E-state index < -0.39 is 71.3 Å². The van der Waals surface area contributed by atoms with E-state index in [9.17, 15) is 48.6 Å². The standard InChI is InChI=1S/C47H80N10O12/c1-6-7-26-50-33-15-11-31(12-16-33)42(63)51-27-9-8-10-35(41(48)62)53-39(59)23-24-46(2,3)68-29-25-47(4,5)69-30-28-52-44(65)36(20-22-40(60)61)54-38(58)21-19-37(45(66)67)55-43(64)32-13-17-34(18-14-32)56-57-49/h11-12,15-16,32,34-37,50,56-57H,6-10,13-14,17-30,49H2,1-5H3,(H2,48,62)(H,51,63)(H,52,65)(H,53,59)(H,54,58)(H,55,64)(H,60,61)(H,66,67). The number of carboxylic acids is 2. The van der Waals surface area contributed by atoms with Crippen LogP contribution < -0.4 is 54.4 Å². The van der Waals surface area contributed by atoms with Gasteiger partial charge in [-0.15, -0.1) is 0 Å². The van der Waals surface area contributed by atoms with Gasteiger partial charge in [-0.25, -0.2) is 10.2 Å².